The number of carbonyl (C=O) groups is 1. The third-order valence-electron chi connectivity index (χ3n) is 2.81. The number of aromatic nitrogens is 2. The predicted octanol–water partition coefficient (Wildman–Crippen LogP) is 1.70. The molecule has 0 aliphatic heterocycles. The van der Waals surface area contributed by atoms with E-state index >= 15 is 0 Å². The van der Waals surface area contributed by atoms with Crippen molar-refractivity contribution in [3.63, 3.8) is 0 Å². The van der Waals surface area contributed by atoms with Gasteiger partial charge in [0.05, 0.1) is 17.4 Å². The third kappa shape index (κ3) is 4.85. The summed E-state index contributed by atoms with van der Waals surface area (Å²) >= 11 is 0. The molecule has 2 rings (SSSR count). The molecule has 2 aromatic rings. The van der Waals surface area contributed by atoms with E-state index in [1.165, 1.54) is 6.20 Å². The zero-order chi connectivity index (χ0) is 15.1. The molecule has 0 fully saturated rings. The van der Waals surface area contributed by atoms with E-state index in [9.17, 15) is 4.79 Å². The summed E-state index contributed by atoms with van der Waals surface area (Å²) in [6.45, 7) is 1.75. The van der Waals surface area contributed by atoms with Gasteiger partial charge >= 0.3 is 0 Å². The first kappa shape index (κ1) is 14.9. The summed E-state index contributed by atoms with van der Waals surface area (Å²) in [5.74, 6) is 0.592. The van der Waals surface area contributed by atoms with Gasteiger partial charge < -0.3 is 15.5 Å². The Balaban J connectivity index is 1.89. The van der Waals surface area contributed by atoms with Crippen LogP contribution in [0.25, 0.3) is 0 Å². The van der Waals surface area contributed by atoms with Crippen molar-refractivity contribution in [1.82, 2.24) is 14.9 Å². The summed E-state index contributed by atoms with van der Waals surface area (Å²) in [7, 11) is 4.04. The molecule has 6 heteroatoms. The fourth-order valence-corrected chi connectivity index (χ4v) is 1.68. The van der Waals surface area contributed by atoms with E-state index in [4.69, 9.17) is 0 Å². The number of amides is 1. The number of hydrogen-bond acceptors (Lipinski definition) is 5. The van der Waals surface area contributed by atoms with E-state index in [0.717, 1.165) is 18.9 Å². The van der Waals surface area contributed by atoms with Crippen LogP contribution >= 0.6 is 0 Å². The van der Waals surface area contributed by atoms with E-state index in [1.54, 1.807) is 24.5 Å². The Bertz CT molecular complexity index is 568. The van der Waals surface area contributed by atoms with E-state index in [-0.39, 0.29) is 5.91 Å². The lowest BCUT2D eigenvalue weighted by molar-refractivity contribution is 0.102. The number of nitrogens with one attached hydrogen (secondary N) is 2. The van der Waals surface area contributed by atoms with Crippen molar-refractivity contribution >= 4 is 17.4 Å². The zero-order valence-electron chi connectivity index (χ0n) is 12.2. The van der Waals surface area contributed by atoms with Gasteiger partial charge in [-0.1, -0.05) is 0 Å². The molecule has 0 atom stereocenters. The quantitative estimate of drug-likeness (QED) is 0.845. The van der Waals surface area contributed by atoms with Gasteiger partial charge in [0.1, 0.15) is 5.82 Å². The molecule has 0 unspecified atom stereocenters. The van der Waals surface area contributed by atoms with Crippen molar-refractivity contribution in [2.75, 3.05) is 37.8 Å². The molecule has 0 aromatic carbocycles. The molecule has 0 aliphatic carbocycles. The first-order valence-corrected chi connectivity index (χ1v) is 6.71. The zero-order valence-corrected chi connectivity index (χ0v) is 12.2. The molecule has 110 valence electrons. The predicted molar refractivity (Wildman–Crippen MR) is 83.5 cm³/mol. The second-order valence-electron chi connectivity index (χ2n) is 4.86. The molecule has 0 aliphatic rings. The monoisotopic (exact) mass is 285 g/mol. The highest BCUT2D eigenvalue weighted by atomic mass is 16.1. The Morgan fingerprint density at radius 1 is 1.24 bits per heavy atom. The van der Waals surface area contributed by atoms with Crippen LogP contribution < -0.4 is 10.6 Å². The van der Waals surface area contributed by atoms with E-state index in [1.807, 2.05) is 26.2 Å². The van der Waals surface area contributed by atoms with Crippen LogP contribution in [-0.2, 0) is 0 Å². The maximum absolute atomic E-state index is 11.9. The molecule has 0 saturated heterocycles. The van der Waals surface area contributed by atoms with Gasteiger partial charge in [-0.2, -0.15) is 0 Å². The van der Waals surface area contributed by atoms with Crippen LogP contribution in [0.1, 0.15) is 10.4 Å². The SMILES string of the molecule is CN(C)CCNc1ccc(NC(=O)c2cccnc2)cn1. The minimum Gasteiger partial charge on any atom is -0.369 e. The Labute approximate surface area is 124 Å². The van der Waals surface area contributed by atoms with Crippen molar-refractivity contribution < 1.29 is 4.79 Å². The lowest BCUT2D eigenvalue weighted by Crippen LogP contribution is -2.21. The summed E-state index contributed by atoms with van der Waals surface area (Å²) in [6, 6.07) is 7.10. The van der Waals surface area contributed by atoms with Crippen LogP contribution in [-0.4, -0.2) is 48.0 Å². The summed E-state index contributed by atoms with van der Waals surface area (Å²) in [6.07, 6.45) is 4.79. The van der Waals surface area contributed by atoms with Gasteiger partial charge in [-0.15, -0.1) is 0 Å². The average molecular weight is 285 g/mol. The van der Waals surface area contributed by atoms with Gasteiger partial charge in [-0.05, 0) is 38.4 Å². The summed E-state index contributed by atoms with van der Waals surface area (Å²) in [5.41, 5.74) is 1.17. The molecular formula is C15H19N5O. The molecule has 0 radical (unpaired) electrons. The summed E-state index contributed by atoms with van der Waals surface area (Å²) < 4.78 is 0. The molecule has 1 amide bonds. The Morgan fingerprint density at radius 2 is 2.10 bits per heavy atom. The Hall–Kier alpha value is -2.47. The fraction of sp³-hybridized carbons (Fsp3) is 0.267. The Morgan fingerprint density at radius 3 is 2.71 bits per heavy atom. The first-order chi connectivity index (χ1) is 10.1. The topological polar surface area (TPSA) is 70.2 Å². The minimum atomic E-state index is -0.196. The smallest absolute Gasteiger partial charge is 0.257 e. The lowest BCUT2D eigenvalue weighted by atomic mass is 10.2. The van der Waals surface area contributed by atoms with Gasteiger partial charge in [0.2, 0.25) is 0 Å². The molecular weight excluding hydrogens is 266 g/mol. The van der Waals surface area contributed by atoms with Crippen LogP contribution in [0.15, 0.2) is 42.9 Å². The van der Waals surface area contributed by atoms with E-state index in [0.29, 0.717) is 11.3 Å². The maximum Gasteiger partial charge on any atom is 0.257 e. The molecule has 2 heterocycles. The number of pyridine rings is 2. The Kier molecular flexibility index (Phi) is 5.22. The van der Waals surface area contributed by atoms with E-state index in [2.05, 4.69) is 25.5 Å². The second-order valence-corrected chi connectivity index (χ2v) is 4.86. The first-order valence-electron chi connectivity index (χ1n) is 6.71. The second kappa shape index (κ2) is 7.35. The molecule has 6 nitrogen and oxygen atoms in total. The van der Waals surface area contributed by atoms with Crippen molar-refractivity contribution in [2.45, 2.75) is 0 Å². The number of likely N-dealkylation sites (N-methyl/N-ethyl adjacent to an activating group) is 1. The van der Waals surface area contributed by atoms with Gasteiger partial charge in [-0.3, -0.25) is 9.78 Å². The molecule has 2 aromatic heterocycles. The molecule has 0 spiro atoms. The largest absolute Gasteiger partial charge is 0.369 e. The van der Waals surface area contributed by atoms with Crippen LogP contribution in [0.2, 0.25) is 0 Å². The lowest BCUT2D eigenvalue weighted by Gasteiger charge is -2.11. The minimum absolute atomic E-state index is 0.196. The number of anilines is 2. The van der Waals surface area contributed by atoms with Crippen molar-refractivity contribution in [3.8, 4) is 0 Å². The molecule has 0 saturated carbocycles. The van der Waals surface area contributed by atoms with Crippen molar-refractivity contribution in [2.24, 2.45) is 0 Å². The average Bonchev–Trinajstić information content (AvgIpc) is 2.49. The third-order valence-corrected chi connectivity index (χ3v) is 2.81. The van der Waals surface area contributed by atoms with Gasteiger partial charge in [0.25, 0.3) is 5.91 Å². The highest BCUT2D eigenvalue weighted by Crippen LogP contribution is 2.11. The molecule has 2 N–H and O–H groups in total. The maximum atomic E-state index is 11.9. The van der Waals surface area contributed by atoms with Gasteiger partial charge in [0, 0.05) is 25.5 Å². The highest BCUT2D eigenvalue weighted by Gasteiger charge is 2.05. The van der Waals surface area contributed by atoms with Gasteiger partial charge in [0.15, 0.2) is 0 Å². The standard InChI is InChI=1S/C15H19N5O/c1-20(2)9-8-17-14-6-5-13(11-18-14)19-15(21)12-4-3-7-16-10-12/h3-7,10-11H,8-9H2,1-2H3,(H,17,18)(H,19,21). The van der Waals surface area contributed by atoms with Crippen molar-refractivity contribution in [1.29, 1.82) is 0 Å². The number of carbonyl (C=O) groups excluding carboxylic acids is 1. The van der Waals surface area contributed by atoms with Crippen LogP contribution in [0, 0.1) is 0 Å². The fourth-order valence-electron chi connectivity index (χ4n) is 1.68. The summed E-state index contributed by atoms with van der Waals surface area (Å²) in [4.78, 5) is 22.2. The summed E-state index contributed by atoms with van der Waals surface area (Å²) in [5, 5.41) is 6.00. The van der Waals surface area contributed by atoms with Crippen LogP contribution in [0.4, 0.5) is 11.5 Å². The van der Waals surface area contributed by atoms with Gasteiger partial charge in [-0.25, -0.2) is 4.98 Å². The highest BCUT2D eigenvalue weighted by molar-refractivity contribution is 6.03. The van der Waals surface area contributed by atoms with Crippen LogP contribution in [0.5, 0.6) is 0 Å². The number of rotatable bonds is 6. The number of hydrogen-bond donors (Lipinski definition) is 2. The number of nitrogens with zero attached hydrogens (tertiary/aromatic N) is 3. The molecule has 0 bridgehead atoms. The van der Waals surface area contributed by atoms with Crippen molar-refractivity contribution in [3.05, 3.63) is 48.4 Å². The molecule has 21 heavy (non-hydrogen) atoms. The van der Waals surface area contributed by atoms with Crippen LogP contribution in [0.3, 0.4) is 0 Å². The normalized spacial score (nSPS) is 10.4. The van der Waals surface area contributed by atoms with E-state index < -0.39 is 0 Å².